The number of nitrogens with zero attached hydrogens (tertiary/aromatic N) is 5. The van der Waals surface area contributed by atoms with E-state index in [0.29, 0.717) is 34.8 Å². The normalized spacial score (nSPS) is 12.5. The maximum absolute atomic E-state index is 14.0. The minimum absolute atomic E-state index is 0.0254. The van der Waals surface area contributed by atoms with Gasteiger partial charge in [0.25, 0.3) is 5.91 Å². The summed E-state index contributed by atoms with van der Waals surface area (Å²) < 4.78 is 14.0. The average molecular weight is 474 g/mol. The smallest absolute Gasteiger partial charge is 0.295 e. The van der Waals surface area contributed by atoms with Gasteiger partial charge in [0, 0.05) is 42.6 Å². The highest BCUT2D eigenvalue weighted by Gasteiger charge is 2.26. The molecular weight excluding hydrogens is 457 g/mol. The molecule has 0 aliphatic carbocycles. The van der Waals surface area contributed by atoms with Crippen molar-refractivity contribution in [1.29, 1.82) is 5.26 Å². The SMILES string of the molecule is CN(O)C(=O)c1ccc(-c2ccc3ncc(C#N)c(N4CCc5cc(F)c(Cl)cc54)c3c2)cn1. The number of pyridine rings is 2. The van der Waals surface area contributed by atoms with Crippen LogP contribution in [0.25, 0.3) is 22.0 Å². The van der Waals surface area contributed by atoms with E-state index in [-0.39, 0.29) is 10.7 Å². The Morgan fingerprint density at radius 2 is 1.97 bits per heavy atom. The highest BCUT2D eigenvalue weighted by molar-refractivity contribution is 6.31. The fourth-order valence-electron chi connectivity index (χ4n) is 4.20. The van der Waals surface area contributed by atoms with Crippen LogP contribution in [0.15, 0.2) is 54.9 Å². The fourth-order valence-corrected chi connectivity index (χ4v) is 4.36. The fraction of sp³-hybridized carbons (Fsp3) is 0.120. The summed E-state index contributed by atoms with van der Waals surface area (Å²) in [6, 6.07) is 14.2. The van der Waals surface area contributed by atoms with Gasteiger partial charge in [-0.05, 0) is 47.9 Å². The number of aromatic nitrogens is 2. The summed E-state index contributed by atoms with van der Waals surface area (Å²) in [5.74, 6) is -1.08. The predicted octanol–water partition coefficient (Wildman–Crippen LogP) is 5.12. The van der Waals surface area contributed by atoms with Gasteiger partial charge >= 0.3 is 0 Å². The van der Waals surface area contributed by atoms with E-state index in [9.17, 15) is 19.7 Å². The third kappa shape index (κ3) is 3.61. The molecule has 34 heavy (non-hydrogen) atoms. The van der Waals surface area contributed by atoms with E-state index in [0.717, 1.165) is 27.8 Å². The lowest BCUT2D eigenvalue weighted by molar-refractivity contribution is -0.0379. The molecule has 0 saturated carbocycles. The van der Waals surface area contributed by atoms with Crippen LogP contribution in [0.5, 0.6) is 0 Å². The van der Waals surface area contributed by atoms with Crippen LogP contribution in [-0.4, -0.2) is 39.7 Å². The van der Waals surface area contributed by atoms with Crippen LogP contribution in [-0.2, 0) is 6.42 Å². The number of amides is 1. The van der Waals surface area contributed by atoms with Crippen molar-refractivity contribution in [3.63, 3.8) is 0 Å². The average Bonchev–Trinajstić information content (AvgIpc) is 3.24. The number of nitriles is 1. The van der Waals surface area contributed by atoms with E-state index in [2.05, 4.69) is 16.0 Å². The van der Waals surface area contributed by atoms with Gasteiger partial charge < -0.3 is 4.90 Å². The molecule has 7 nitrogen and oxygen atoms in total. The third-order valence-corrected chi connectivity index (χ3v) is 6.15. The summed E-state index contributed by atoms with van der Waals surface area (Å²) in [6.45, 7) is 0.570. The van der Waals surface area contributed by atoms with E-state index in [1.807, 2.05) is 23.1 Å². The van der Waals surface area contributed by atoms with Gasteiger partial charge in [0.1, 0.15) is 17.6 Å². The molecule has 4 aromatic rings. The molecule has 2 aromatic heterocycles. The Hall–Kier alpha value is -4.06. The molecule has 1 aliphatic rings. The second kappa shape index (κ2) is 8.37. The topological polar surface area (TPSA) is 93.3 Å². The maximum Gasteiger partial charge on any atom is 0.295 e. The van der Waals surface area contributed by atoms with Gasteiger partial charge in [-0.3, -0.25) is 20.0 Å². The lowest BCUT2D eigenvalue weighted by Crippen LogP contribution is -2.23. The highest BCUT2D eigenvalue weighted by Crippen LogP contribution is 2.42. The predicted molar refractivity (Wildman–Crippen MR) is 126 cm³/mol. The minimum atomic E-state index is -0.613. The molecule has 0 spiro atoms. The Balaban J connectivity index is 1.64. The van der Waals surface area contributed by atoms with Crippen molar-refractivity contribution in [1.82, 2.24) is 15.0 Å². The summed E-state index contributed by atoms with van der Waals surface area (Å²) in [7, 11) is 1.24. The van der Waals surface area contributed by atoms with Crippen molar-refractivity contribution in [3.8, 4) is 17.2 Å². The van der Waals surface area contributed by atoms with Gasteiger partial charge in [0.05, 0.1) is 21.8 Å². The van der Waals surface area contributed by atoms with E-state index in [1.54, 1.807) is 18.3 Å². The van der Waals surface area contributed by atoms with Crippen LogP contribution < -0.4 is 4.90 Å². The van der Waals surface area contributed by atoms with E-state index < -0.39 is 11.7 Å². The Morgan fingerprint density at radius 3 is 2.68 bits per heavy atom. The summed E-state index contributed by atoms with van der Waals surface area (Å²) in [4.78, 5) is 22.5. The van der Waals surface area contributed by atoms with Gasteiger partial charge in [-0.25, -0.2) is 9.45 Å². The molecule has 1 aliphatic heterocycles. The number of carbonyl (C=O) groups is 1. The lowest BCUT2D eigenvalue weighted by atomic mass is 10.0. The van der Waals surface area contributed by atoms with Crippen LogP contribution in [0, 0.1) is 17.1 Å². The number of anilines is 2. The minimum Gasteiger partial charge on any atom is -0.339 e. The molecule has 9 heteroatoms. The highest BCUT2D eigenvalue weighted by atomic mass is 35.5. The monoisotopic (exact) mass is 473 g/mol. The van der Waals surface area contributed by atoms with E-state index >= 15 is 0 Å². The van der Waals surface area contributed by atoms with Crippen LogP contribution in [0.3, 0.4) is 0 Å². The number of carbonyl (C=O) groups excluding carboxylic acids is 1. The quantitative estimate of drug-likeness (QED) is 0.328. The van der Waals surface area contributed by atoms with Gasteiger partial charge in [-0.1, -0.05) is 23.7 Å². The molecule has 5 rings (SSSR count). The second-order valence-corrected chi connectivity index (χ2v) is 8.33. The first kappa shape index (κ1) is 21.8. The molecule has 0 bridgehead atoms. The summed E-state index contributed by atoms with van der Waals surface area (Å²) >= 11 is 6.07. The zero-order valence-corrected chi connectivity index (χ0v) is 18.7. The zero-order valence-electron chi connectivity index (χ0n) is 18.0. The first-order valence-electron chi connectivity index (χ1n) is 10.4. The first-order chi connectivity index (χ1) is 16.4. The van der Waals surface area contributed by atoms with Crippen molar-refractivity contribution in [2.24, 2.45) is 0 Å². The number of rotatable bonds is 3. The largest absolute Gasteiger partial charge is 0.339 e. The van der Waals surface area contributed by atoms with Gasteiger partial charge in [-0.2, -0.15) is 5.26 Å². The molecule has 0 atom stereocenters. The number of hydrogen-bond donors (Lipinski definition) is 1. The van der Waals surface area contributed by atoms with Crippen LogP contribution in [0.4, 0.5) is 15.8 Å². The molecule has 0 unspecified atom stereocenters. The van der Waals surface area contributed by atoms with Crippen LogP contribution in [0.1, 0.15) is 21.6 Å². The Kier molecular flexibility index (Phi) is 5.36. The first-order valence-corrected chi connectivity index (χ1v) is 10.8. The standard InChI is InChI=1S/C25H17ClFN5O2/c1-31(34)25(33)22-5-3-16(12-30-22)14-2-4-21-18(8-14)24(17(11-28)13-29-21)32-7-6-15-9-20(27)19(26)10-23(15)32/h2-5,8-10,12-13,34H,6-7H2,1H3. The van der Waals surface area contributed by atoms with Crippen LogP contribution >= 0.6 is 11.6 Å². The number of hydroxylamine groups is 2. The Morgan fingerprint density at radius 1 is 1.18 bits per heavy atom. The lowest BCUT2D eigenvalue weighted by Gasteiger charge is -2.23. The molecule has 3 heterocycles. The van der Waals surface area contributed by atoms with Gasteiger partial charge in [0.15, 0.2) is 0 Å². The molecule has 1 N–H and O–H groups in total. The molecular formula is C25H17ClFN5O2. The number of benzene rings is 2. The molecule has 0 radical (unpaired) electrons. The van der Waals surface area contributed by atoms with E-state index in [1.165, 1.54) is 25.4 Å². The Labute approximate surface area is 199 Å². The van der Waals surface area contributed by atoms with Crippen molar-refractivity contribution in [2.45, 2.75) is 6.42 Å². The summed E-state index contributed by atoms with van der Waals surface area (Å²) in [5, 5.41) is 20.4. The number of hydrogen-bond acceptors (Lipinski definition) is 6. The molecule has 2 aromatic carbocycles. The Bertz CT molecular complexity index is 1500. The number of fused-ring (bicyclic) bond motifs is 2. The van der Waals surface area contributed by atoms with Crippen molar-refractivity contribution in [2.75, 3.05) is 18.5 Å². The van der Waals surface area contributed by atoms with Crippen molar-refractivity contribution >= 4 is 39.8 Å². The van der Waals surface area contributed by atoms with E-state index in [4.69, 9.17) is 11.6 Å². The van der Waals surface area contributed by atoms with Gasteiger partial charge in [-0.15, -0.1) is 0 Å². The molecule has 0 fully saturated rings. The summed E-state index contributed by atoms with van der Waals surface area (Å²) in [5.41, 5.74) is 5.02. The number of halogens is 2. The molecule has 1 amide bonds. The van der Waals surface area contributed by atoms with Crippen LogP contribution in [0.2, 0.25) is 5.02 Å². The van der Waals surface area contributed by atoms with Crippen molar-refractivity contribution in [3.05, 3.63) is 82.5 Å². The van der Waals surface area contributed by atoms with Crippen molar-refractivity contribution < 1.29 is 14.4 Å². The summed E-state index contributed by atoms with van der Waals surface area (Å²) in [6.07, 6.45) is 3.71. The van der Waals surface area contributed by atoms with Gasteiger partial charge in [0.2, 0.25) is 0 Å². The molecule has 168 valence electrons. The maximum atomic E-state index is 14.0. The molecule has 0 saturated heterocycles. The zero-order chi connectivity index (χ0) is 24.0. The second-order valence-electron chi connectivity index (χ2n) is 7.92. The third-order valence-electron chi connectivity index (χ3n) is 5.86.